The highest BCUT2D eigenvalue weighted by atomic mass is 16.2. The number of nitrogens with zero attached hydrogens (tertiary/aromatic N) is 3. The summed E-state index contributed by atoms with van der Waals surface area (Å²) < 4.78 is 2.24. The fourth-order valence-electron chi connectivity index (χ4n) is 3.09. The number of hydrogen-bond donors (Lipinski definition) is 0. The Kier molecular flexibility index (Phi) is 3.01. The second kappa shape index (κ2) is 4.68. The molecule has 4 heteroatoms. The van der Waals surface area contributed by atoms with Gasteiger partial charge in [-0.05, 0) is 31.9 Å². The normalized spacial score (nSPS) is 19.3. The summed E-state index contributed by atoms with van der Waals surface area (Å²) in [6.07, 6.45) is 2.08. The van der Waals surface area contributed by atoms with Crippen molar-refractivity contribution in [2.24, 2.45) is 0 Å². The Bertz CT molecular complexity index is 617. The van der Waals surface area contributed by atoms with E-state index in [9.17, 15) is 4.79 Å². The fourth-order valence-corrected chi connectivity index (χ4v) is 3.09. The molecule has 0 N–H and O–H groups in total. The number of hydrogen-bond acceptors (Lipinski definition) is 2. The molecule has 1 aromatic carbocycles. The van der Waals surface area contributed by atoms with Gasteiger partial charge in [0.15, 0.2) is 0 Å². The third-order valence-electron chi connectivity index (χ3n) is 3.96. The van der Waals surface area contributed by atoms with Crippen molar-refractivity contribution in [1.82, 2.24) is 14.5 Å². The third kappa shape index (κ3) is 1.91. The molecule has 1 aliphatic heterocycles. The van der Waals surface area contributed by atoms with E-state index in [4.69, 9.17) is 4.98 Å². The molecule has 2 heterocycles. The Morgan fingerprint density at radius 3 is 2.95 bits per heavy atom. The second-order valence-corrected chi connectivity index (χ2v) is 5.07. The predicted octanol–water partition coefficient (Wildman–Crippen LogP) is 2.74. The number of aromatic nitrogens is 2. The summed E-state index contributed by atoms with van der Waals surface area (Å²) in [5, 5.41) is 0. The Labute approximate surface area is 113 Å². The van der Waals surface area contributed by atoms with Crippen molar-refractivity contribution >= 4 is 16.9 Å². The summed E-state index contributed by atoms with van der Waals surface area (Å²) in [5.74, 6) is 1.19. The van der Waals surface area contributed by atoms with Gasteiger partial charge in [-0.25, -0.2) is 4.98 Å². The van der Waals surface area contributed by atoms with Crippen molar-refractivity contribution in [3.05, 3.63) is 30.1 Å². The molecular weight excluding hydrogens is 238 g/mol. The van der Waals surface area contributed by atoms with Crippen LogP contribution in [-0.4, -0.2) is 26.9 Å². The molecule has 100 valence electrons. The zero-order valence-electron chi connectivity index (χ0n) is 11.5. The molecule has 0 spiro atoms. The minimum atomic E-state index is 0.143. The summed E-state index contributed by atoms with van der Waals surface area (Å²) in [6, 6.07) is 8.33. The van der Waals surface area contributed by atoms with E-state index >= 15 is 0 Å². The SMILES string of the molecule is CCn1c(C2CCCN2C(C)=O)nc2ccccc21. The molecule has 1 aliphatic rings. The van der Waals surface area contributed by atoms with Gasteiger partial charge >= 0.3 is 0 Å². The number of aryl methyl sites for hydroxylation is 1. The van der Waals surface area contributed by atoms with Crippen LogP contribution in [0, 0.1) is 0 Å². The minimum Gasteiger partial charge on any atom is -0.333 e. The Hall–Kier alpha value is -1.84. The molecule has 1 amide bonds. The highest BCUT2D eigenvalue weighted by molar-refractivity contribution is 5.77. The largest absolute Gasteiger partial charge is 0.333 e. The molecular formula is C15H19N3O. The topological polar surface area (TPSA) is 38.1 Å². The number of amides is 1. The highest BCUT2D eigenvalue weighted by Crippen LogP contribution is 2.33. The molecule has 0 saturated carbocycles. The standard InChI is InChI=1S/C15H19N3O/c1-3-17-13-8-5-4-7-12(13)16-15(17)14-9-6-10-18(14)11(2)19/h4-5,7-8,14H,3,6,9-10H2,1-2H3. The van der Waals surface area contributed by atoms with E-state index in [0.717, 1.165) is 42.8 Å². The second-order valence-electron chi connectivity index (χ2n) is 5.07. The first-order chi connectivity index (χ1) is 9.22. The first kappa shape index (κ1) is 12.2. The maximum absolute atomic E-state index is 11.7. The molecule has 1 saturated heterocycles. The van der Waals surface area contributed by atoms with E-state index in [1.54, 1.807) is 6.92 Å². The van der Waals surface area contributed by atoms with E-state index in [1.807, 2.05) is 23.1 Å². The molecule has 1 unspecified atom stereocenters. The van der Waals surface area contributed by atoms with Crippen LogP contribution in [0.15, 0.2) is 24.3 Å². The molecule has 0 aliphatic carbocycles. The lowest BCUT2D eigenvalue weighted by Crippen LogP contribution is -2.29. The number of carbonyl (C=O) groups is 1. The quantitative estimate of drug-likeness (QED) is 0.829. The van der Waals surface area contributed by atoms with Crippen LogP contribution < -0.4 is 0 Å². The zero-order chi connectivity index (χ0) is 13.4. The van der Waals surface area contributed by atoms with Gasteiger partial charge in [0.25, 0.3) is 0 Å². The van der Waals surface area contributed by atoms with Crippen LogP contribution in [0.1, 0.15) is 38.6 Å². The van der Waals surface area contributed by atoms with Gasteiger partial charge in [0.05, 0.1) is 17.1 Å². The first-order valence-electron chi connectivity index (χ1n) is 6.94. The number of carbonyl (C=O) groups excluding carboxylic acids is 1. The highest BCUT2D eigenvalue weighted by Gasteiger charge is 2.31. The van der Waals surface area contributed by atoms with Gasteiger partial charge in [0, 0.05) is 20.0 Å². The molecule has 1 fully saturated rings. The maximum atomic E-state index is 11.7. The van der Waals surface area contributed by atoms with Gasteiger partial charge in [-0.2, -0.15) is 0 Å². The smallest absolute Gasteiger partial charge is 0.220 e. The van der Waals surface area contributed by atoms with Crippen molar-refractivity contribution in [2.75, 3.05) is 6.54 Å². The van der Waals surface area contributed by atoms with E-state index in [2.05, 4.69) is 17.6 Å². The van der Waals surface area contributed by atoms with E-state index in [1.165, 1.54) is 0 Å². The molecule has 0 bridgehead atoms. The van der Waals surface area contributed by atoms with Gasteiger partial charge in [-0.15, -0.1) is 0 Å². The van der Waals surface area contributed by atoms with Gasteiger partial charge in [0.2, 0.25) is 5.91 Å². The summed E-state index contributed by atoms with van der Waals surface area (Å²) in [6.45, 7) is 5.52. The van der Waals surface area contributed by atoms with E-state index in [-0.39, 0.29) is 11.9 Å². The summed E-state index contributed by atoms with van der Waals surface area (Å²) >= 11 is 0. The Morgan fingerprint density at radius 2 is 2.21 bits per heavy atom. The van der Waals surface area contributed by atoms with Crippen molar-refractivity contribution in [2.45, 2.75) is 39.3 Å². The van der Waals surface area contributed by atoms with Crippen molar-refractivity contribution in [3.63, 3.8) is 0 Å². The van der Waals surface area contributed by atoms with Gasteiger partial charge in [0.1, 0.15) is 5.82 Å². The van der Waals surface area contributed by atoms with Gasteiger partial charge in [-0.3, -0.25) is 4.79 Å². The molecule has 3 rings (SSSR count). The fraction of sp³-hybridized carbons (Fsp3) is 0.467. The van der Waals surface area contributed by atoms with Crippen LogP contribution in [0.3, 0.4) is 0 Å². The van der Waals surface area contributed by atoms with Crippen molar-refractivity contribution in [3.8, 4) is 0 Å². The minimum absolute atomic E-state index is 0.143. The van der Waals surface area contributed by atoms with Crippen LogP contribution in [0.5, 0.6) is 0 Å². The number of imidazole rings is 1. The van der Waals surface area contributed by atoms with E-state index < -0.39 is 0 Å². The van der Waals surface area contributed by atoms with E-state index in [0.29, 0.717) is 0 Å². The molecule has 1 atom stereocenters. The van der Waals surface area contributed by atoms with Crippen molar-refractivity contribution in [1.29, 1.82) is 0 Å². The Morgan fingerprint density at radius 1 is 1.42 bits per heavy atom. The predicted molar refractivity (Wildman–Crippen MR) is 74.8 cm³/mol. The number of benzene rings is 1. The molecule has 1 aromatic heterocycles. The summed E-state index contributed by atoms with van der Waals surface area (Å²) in [4.78, 5) is 18.5. The molecule has 0 radical (unpaired) electrons. The lowest BCUT2D eigenvalue weighted by Gasteiger charge is -2.23. The zero-order valence-corrected chi connectivity index (χ0v) is 11.5. The molecule has 19 heavy (non-hydrogen) atoms. The average molecular weight is 257 g/mol. The summed E-state index contributed by atoms with van der Waals surface area (Å²) in [7, 11) is 0. The van der Waals surface area contributed by atoms with Crippen LogP contribution in [0.25, 0.3) is 11.0 Å². The first-order valence-corrected chi connectivity index (χ1v) is 6.94. The number of rotatable bonds is 2. The monoisotopic (exact) mass is 257 g/mol. The number of para-hydroxylation sites is 2. The van der Waals surface area contributed by atoms with Crippen LogP contribution in [0.4, 0.5) is 0 Å². The van der Waals surface area contributed by atoms with Crippen LogP contribution >= 0.6 is 0 Å². The lowest BCUT2D eigenvalue weighted by molar-refractivity contribution is -0.129. The van der Waals surface area contributed by atoms with Crippen LogP contribution in [-0.2, 0) is 11.3 Å². The van der Waals surface area contributed by atoms with Gasteiger partial charge in [-0.1, -0.05) is 12.1 Å². The number of fused-ring (bicyclic) bond motifs is 1. The Balaban J connectivity index is 2.11. The summed E-state index contributed by atoms with van der Waals surface area (Å²) in [5.41, 5.74) is 2.19. The maximum Gasteiger partial charge on any atom is 0.220 e. The van der Waals surface area contributed by atoms with Crippen LogP contribution in [0.2, 0.25) is 0 Å². The lowest BCUT2D eigenvalue weighted by atomic mass is 10.2. The van der Waals surface area contributed by atoms with Crippen molar-refractivity contribution < 1.29 is 4.79 Å². The molecule has 2 aromatic rings. The van der Waals surface area contributed by atoms with Gasteiger partial charge < -0.3 is 9.47 Å². The number of likely N-dealkylation sites (tertiary alicyclic amines) is 1. The average Bonchev–Trinajstić information content (AvgIpc) is 3.02. The third-order valence-corrected chi connectivity index (χ3v) is 3.96. The molecule has 4 nitrogen and oxygen atoms in total.